The maximum atomic E-state index is 11.8. The first-order valence-electron chi connectivity index (χ1n) is 6.77. The van der Waals surface area contributed by atoms with Crippen LogP contribution in [-0.2, 0) is 4.79 Å². The molecule has 4 nitrogen and oxygen atoms in total. The maximum absolute atomic E-state index is 11.8. The molecule has 0 aliphatic heterocycles. The molecule has 3 N–H and O–H groups in total. The summed E-state index contributed by atoms with van der Waals surface area (Å²) in [5.74, 6) is 1.38. The van der Waals surface area contributed by atoms with E-state index in [0.29, 0.717) is 30.4 Å². The van der Waals surface area contributed by atoms with Gasteiger partial charge in [-0.1, -0.05) is 6.07 Å². The summed E-state index contributed by atoms with van der Waals surface area (Å²) in [6.45, 7) is 4.54. The van der Waals surface area contributed by atoms with Gasteiger partial charge in [0.05, 0.1) is 13.0 Å². The number of amides is 1. The van der Waals surface area contributed by atoms with Gasteiger partial charge in [0.25, 0.3) is 0 Å². The first kappa shape index (κ1) is 13.7. The second-order valence-electron chi connectivity index (χ2n) is 5.72. The van der Waals surface area contributed by atoms with Crippen molar-refractivity contribution in [1.29, 1.82) is 0 Å². The number of benzene rings is 1. The summed E-state index contributed by atoms with van der Waals surface area (Å²) in [6, 6.07) is 7.23. The molecule has 0 unspecified atom stereocenters. The van der Waals surface area contributed by atoms with Gasteiger partial charge in [0, 0.05) is 17.3 Å². The van der Waals surface area contributed by atoms with E-state index in [2.05, 4.69) is 19.2 Å². The standard InChI is InChI=1S/C15H22N2O2/c1-15(2,11-6-7-11)17-14(18)8-9-19-13-5-3-4-12(16)10-13/h3-5,10-11H,6-9,16H2,1-2H3,(H,17,18). The molecule has 0 radical (unpaired) electrons. The van der Waals surface area contributed by atoms with Gasteiger partial charge in [-0.2, -0.15) is 0 Å². The molecule has 1 aliphatic rings. The van der Waals surface area contributed by atoms with Crippen LogP contribution in [0.2, 0.25) is 0 Å². The van der Waals surface area contributed by atoms with Crippen molar-refractivity contribution in [2.24, 2.45) is 5.92 Å². The Hall–Kier alpha value is -1.71. The van der Waals surface area contributed by atoms with E-state index in [9.17, 15) is 4.79 Å². The number of nitrogen functional groups attached to an aromatic ring is 1. The van der Waals surface area contributed by atoms with Crippen LogP contribution in [0.25, 0.3) is 0 Å². The van der Waals surface area contributed by atoms with Gasteiger partial charge in [0.2, 0.25) is 5.91 Å². The predicted molar refractivity (Wildman–Crippen MR) is 75.9 cm³/mol. The minimum Gasteiger partial charge on any atom is -0.493 e. The van der Waals surface area contributed by atoms with Crippen molar-refractivity contribution in [3.05, 3.63) is 24.3 Å². The van der Waals surface area contributed by atoms with Gasteiger partial charge in [0.15, 0.2) is 0 Å². The highest BCUT2D eigenvalue weighted by Gasteiger charge is 2.38. The Morgan fingerprint density at radius 1 is 1.47 bits per heavy atom. The van der Waals surface area contributed by atoms with Crippen LogP contribution >= 0.6 is 0 Å². The fourth-order valence-corrected chi connectivity index (χ4v) is 2.19. The molecule has 1 aliphatic carbocycles. The Morgan fingerprint density at radius 3 is 2.84 bits per heavy atom. The van der Waals surface area contributed by atoms with E-state index in [1.54, 1.807) is 12.1 Å². The van der Waals surface area contributed by atoms with Crippen LogP contribution in [0.4, 0.5) is 5.69 Å². The Bertz CT molecular complexity index is 453. The van der Waals surface area contributed by atoms with Crippen LogP contribution in [-0.4, -0.2) is 18.1 Å². The summed E-state index contributed by atoms with van der Waals surface area (Å²) in [7, 11) is 0. The van der Waals surface area contributed by atoms with Crippen molar-refractivity contribution in [3.8, 4) is 5.75 Å². The third-order valence-corrected chi connectivity index (χ3v) is 3.52. The molecular formula is C15H22N2O2. The molecule has 0 bridgehead atoms. The second kappa shape index (κ2) is 5.51. The average molecular weight is 262 g/mol. The number of ether oxygens (including phenoxy) is 1. The first-order chi connectivity index (χ1) is 8.97. The molecule has 0 saturated heterocycles. The van der Waals surface area contributed by atoms with E-state index in [-0.39, 0.29) is 11.4 Å². The second-order valence-corrected chi connectivity index (χ2v) is 5.72. The van der Waals surface area contributed by atoms with Crippen LogP contribution in [0.15, 0.2) is 24.3 Å². The molecule has 104 valence electrons. The number of nitrogens with one attached hydrogen (secondary N) is 1. The quantitative estimate of drug-likeness (QED) is 0.773. The Labute approximate surface area is 114 Å². The third kappa shape index (κ3) is 4.16. The maximum Gasteiger partial charge on any atom is 0.223 e. The number of carbonyl (C=O) groups excluding carboxylic acids is 1. The summed E-state index contributed by atoms with van der Waals surface area (Å²) in [5.41, 5.74) is 6.23. The van der Waals surface area contributed by atoms with Crippen molar-refractivity contribution in [3.63, 3.8) is 0 Å². The van der Waals surface area contributed by atoms with Crippen molar-refractivity contribution < 1.29 is 9.53 Å². The van der Waals surface area contributed by atoms with E-state index < -0.39 is 0 Å². The minimum absolute atomic E-state index is 0.0424. The average Bonchev–Trinajstić information content (AvgIpc) is 3.12. The zero-order valence-corrected chi connectivity index (χ0v) is 11.6. The minimum atomic E-state index is -0.0890. The molecule has 1 aromatic rings. The zero-order valence-electron chi connectivity index (χ0n) is 11.6. The summed E-state index contributed by atoms with van der Waals surface area (Å²) < 4.78 is 5.51. The molecule has 4 heteroatoms. The highest BCUT2D eigenvalue weighted by molar-refractivity contribution is 5.76. The van der Waals surface area contributed by atoms with Crippen LogP contribution in [0.3, 0.4) is 0 Å². The first-order valence-corrected chi connectivity index (χ1v) is 6.77. The number of rotatable bonds is 6. The number of carbonyl (C=O) groups is 1. The van der Waals surface area contributed by atoms with Gasteiger partial charge in [-0.25, -0.2) is 0 Å². The molecule has 1 amide bonds. The summed E-state index contributed by atoms with van der Waals surface area (Å²) >= 11 is 0. The molecule has 1 saturated carbocycles. The molecule has 1 aromatic carbocycles. The van der Waals surface area contributed by atoms with Gasteiger partial charge in [-0.05, 0) is 44.7 Å². The molecule has 0 heterocycles. The number of anilines is 1. The monoisotopic (exact) mass is 262 g/mol. The molecule has 0 spiro atoms. The van der Waals surface area contributed by atoms with Gasteiger partial charge >= 0.3 is 0 Å². The number of nitrogens with two attached hydrogens (primary N) is 1. The van der Waals surface area contributed by atoms with Crippen molar-refractivity contribution in [1.82, 2.24) is 5.32 Å². The van der Waals surface area contributed by atoms with Crippen LogP contribution in [0, 0.1) is 5.92 Å². The number of hydrogen-bond donors (Lipinski definition) is 2. The van der Waals surface area contributed by atoms with Crippen molar-refractivity contribution >= 4 is 11.6 Å². The fourth-order valence-electron chi connectivity index (χ4n) is 2.19. The molecule has 0 atom stereocenters. The molecule has 19 heavy (non-hydrogen) atoms. The summed E-state index contributed by atoms with van der Waals surface area (Å²) in [4.78, 5) is 11.8. The SMILES string of the molecule is CC(C)(NC(=O)CCOc1cccc(N)c1)C1CC1. The molecule has 2 rings (SSSR count). The van der Waals surface area contributed by atoms with Gasteiger partial charge in [-0.3, -0.25) is 4.79 Å². The van der Waals surface area contributed by atoms with E-state index in [0.717, 1.165) is 0 Å². The van der Waals surface area contributed by atoms with Gasteiger partial charge in [0.1, 0.15) is 5.75 Å². The normalized spacial score (nSPS) is 15.1. The number of hydrogen-bond acceptors (Lipinski definition) is 3. The van der Waals surface area contributed by atoms with Gasteiger partial charge in [-0.15, -0.1) is 0 Å². The van der Waals surface area contributed by atoms with Crippen molar-refractivity contribution in [2.45, 2.75) is 38.6 Å². The highest BCUT2D eigenvalue weighted by atomic mass is 16.5. The fraction of sp³-hybridized carbons (Fsp3) is 0.533. The Balaban J connectivity index is 1.72. The smallest absolute Gasteiger partial charge is 0.223 e. The van der Waals surface area contributed by atoms with Crippen molar-refractivity contribution in [2.75, 3.05) is 12.3 Å². The van der Waals surface area contributed by atoms with Crippen LogP contribution < -0.4 is 15.8 Å². The largest absolute Gasteiger partial charge is 0.493 e. The Kier molecular flexibility index (Phi) is 3.98. The van der Waals surface area contributed by atoms with Crippen LogP contribution in [0.1, 0.15) is 33.1 Å². The molecule has 1 fully saturated rings. The lowest BCUT2D eigenvalue weighted by Gasteiger charge is -2.26. The summed E-state index contributed by atoms with van der Waals surface area (Å²) in [5, 5.41) is 3.07. The lowest BCUT2D eigenvalue weighted by molar-refractivity contribution is -0.123. The highest BCUT2D eigenvalue weighted by Crippen LogP contribution is 2.39. The van der Waals surface area contributed by atoms with E-state index >= 15 is 0 Å². The van der Waals surface area contributed by atoms with Gasteiger partial charge < -0.3 is 15.8 Å². The lowest BCUT2D eigenvalue weighted by Crippen LogP contribution is -2.45. The van der Waals surface area contributed by atoms with E-state index in [1.807, 2.05) is 12.1 Å². The van der Waals surface area contributed by atoms with Crippen LogP contribution in [0.5, 0.6) is 5.75 Å². The third-order valence-electron chi connectivity index (χ3n) is 3.52. The summed E-state index contributed by atoms with van der Waals surface area (Å²) in [6.07, 6.45) is 2.80. The molecular weight excluding hydrogens is 240 g/mol. The van der Waals surface area contributed by atoms with E-state index in [4.69, 9.17) is 10.5 Å². The zero-order chi connectivity index (χ0) is 13.9. The molecule has 0 aromatic heterocycles. The Morgan fingerprint density at radius 2 is 2.21 bits per heavy atom. The predicted octanol–water partition coefficient (Wildman–Crippen LogP) is 2.34. The topological polar surface area (TPSA) is 64.3 Å². The van der Waals surface area contributed by atoms with E-state index in [1.165, 1.54) is 12.8 Å². The lowest BCUT2D eigenvalue weighted by atomic mass is 9.98.